The Morgan fingerprint density at radius 3 is 2.42 bits per heavy atom. The van der Waals surface area contributed by atoms with Crippen LogP contribution in [0.2, 0.25) is 0 Å². The zero-order valence-corrected chi connectivity index (χ0v) is 7.16. The predicted molar refractivity (Wildman–Crippen MR) is 49.2 cm³/mol. The van der Waals surface area contributed by atoms with Gasteiger partial charge in [-0.15, -0.1) is 0 Å². The first-order chi connectivity index (χ1) is 5.84. The normalized spacial score (nSPS) is 16.3. The van der Waals surface area contributed by atoms with E-state index in [0.717, 1.165) is 5.92 Å². The molecule has 0 atom stereocenters. The minimum atomic E-state index is 0.366. The molecule has 1 aromatic rings. The minimum Gasteiger partial charge on any atom is -0.508 e. The maximum absolute atomic E-state index is 9.05. The Morgan fingerprint density at radius 2 is 1.83 bits per heavy atom. The lowest BCUT2D eigenvalue weighted by atomic mass is 10.1. The number of phenols is 1. The van der Waals surface area contributed by atoms with Crippen LogP contribution in [0.25, 0.3) is 0 Å². The number of rotatable bonds is 3. The second kappa shape index (κ2) is 3.18. The molecule has 1 aromatic carbocycles. The Bertz CT molecular complexity index is 246. The van der Waals surface area contributed by atoms with Gasteiger partial charge in [-0.1, -0.05) is 25.0 Å². The van der Waals surface area contributed by atoms with Gasteiger partial charge in [-0.25, -0.2) is 0 Å². The molecule has 1 saturated carbocycles. The maximum atomic E-state index is 9.05. The Labute approximate surface area is 73.0 Å². The summed E-state index contributed by atoms with van der Waals surface area (Å²) in [5.41, 5.74) is 1.35. The average molecular weight is 162 g/mol. The van der Waals surface area contributed by atoms with E-state index in [4.69, 9.17) is 5.11 Å². The van der Waals surface area contributed by atoms with Gasteiger partial charge >= 0.3 is 0 Å². The second-order valence-electron chi connectivity index (χ2n) is 3.65. The van der Waals surface area contributed by atoms with Gasteiger partial charge < -0.3 is 5.11 Å². The third-order valence-corrected chi connectivity index (χ3v) is 2.47. The molecule has 1 heteroatoms. The van der Waals surface area contributed by atoms with Crippen molar-refractivity contribution in [3.05, 3.63) is 29.8 Å². The molecule has 64 valence electrons. The number of benzene rings is 1. The van der Waals surface area contributed by atoms with Crippen LogP contribution in [0.15, 0.2) is 24.3 Å². The van der Waals surface area contributed by atoms with Gasteiger partial charge in [-0.05, 0) is 36.5 Å². The van der Waals surface area contributed by atoms with Crippen molar-refractivity contribution in [1.29, 1.82) is 0 Å². The number of aryl methyl sites for hydroxylation is 1. The second-order valence-corrected chi connectivity index (χ2v) is 3.65. The summed E-state index contributed by atoms with van der Waals surface area (Å²) in [6.07, 6.45) is 5.35. The van der Waals surface area contributed by atoms with Gasteiger partial charge in [0, 0.05) is 0 Å². The molecule has 1 nitrogen and oxygen atoms in total. The van der Waals surface area contributed by atoms with Gasteiger partial charge in [-0.3, -0.25) is 0 Å². The summed E-state index contributed by atoms with van der Waals surface area (Å²) in [5.74, 6) is 1.36. The summed E-state index contributed by atoms with van der Waals surface area (Å²) < 4.78 is 0. The standard InChI is InChI=1S/C11H14O/c12-11-7-5-10(6-8-11)4-3-9-1-2-9/h5-9,12H,1-4H2. The highest BCUT2D eigenvalue weighted by Gasteiger charge is 2.20. The first-order valence-electron chi connectivity index (χ1n) is 4.62. The first-order valence-corrected chi connectivity index (χ1v) is 4.62. The van der Waals surface area contributed by atoms with Crippen LogP contribution in [0.5, 0.6) is 5.75 Å². The lowest BCUT2D eigenvalue weighted by molar-refractivity contribution is 0.475. The van der Waals surface area contributed by atoms with E-state index >= 15 is 0 Å². The van der Waals surface area contributed by atoms with Crippen LogP contribution in [-0.4, -0.2) is 5.11 Å². The van der Waals surface area contributed by atoms with Crippen LogP contribution in [0, 0.1) is 5.92 Å². The average Bonchev–Trinajstić information content (AvgIpc) is 2.87. The zero-order chi connectivity index (χ0) is 8.39. The lowest BCUT2D eigenvalue weighted by Crippen LogP contribution is -1.85. The molecular formula is C11H14O. The number of hydrogen-bond donors (Lipinski definition) is 1. The van der Waals surface area contributed by atoms with Crippen molar-refractivity contribution in [2.45, 2.75) is 25.7 Å². The molecule has 12 heavy (non-hydrogen) atoms. The first kappa shape index (κ1) is 7.66. The van der Waals surface area contributed by atoms with Gasteiger partial charge in [0.1, 0.15) is 5.75 Å². The Hall–Kier alpha value is -0.980. The Morgan fingerprint density at radius 1 is 1.17 bits per heavy atom. The van der Waals surface area contributed by atoms with E-state index in [1.807, 2.05) is 12.1 Å². The van der Waals surface area contributed by atoms with E-state index in [0.29, 0.717) is 5.75 Å². The molecule has 0 aliphatic heterocycles. The van der Waals surface area contributed by atoms with Crippen molar-refractivity contribution in [1.82, 2.24) is 0 Å². The molecule has 2 rings (SSSR count). The summed E-state index contributed by atoms with van der Waals surface area (Å²) in [7, 11) is 0. The van der Waals surface area contributed by atoms with Crippen molar-refractivity contribution in [3.8, 4) is 5.75 Å². The van der Waals surface area contributed by atoms with Crippen LogP contribution in [0.3, 0.4) is 0 Å². The van der Waals surface area contributed by atoms with E-state index in [-0.39, 0.29) is 0 Å². The van der Waals surface area contributed by atoms with Crippen LogP contribution in [-0.2, 0) is 6.42 Å². The molecule has 0 unspecified atom stereocenters. The summed E-state index contributed by atoms with van der Waals surface area (Å²) in [5, 5.41) is 9.05. The molecule has 1 aliphatic rings. The SMILES string of the molecule is Oc1ccc(CCC2CC2)cc1. The van der Waals surface area contributed by atoms with Gasteiger partial charge in [0.25, 0.3) is 0 Å². The lowest BCUT2D eigenvalue weighted by Gasteiger charge is -1.99. The van der Waals surface area contributed by atoms with Crippen LogP contribution < -0.4 is 0 Å². The summed E-state index contributed by atoms with van der Waals surface area (Å²) >= 11 is 0. The van der Waals surface area contributed by atoms with Gasteiger partial charge in [0.2, 0.25) is 0 Å². The smallest absolute Gasteiger partial charge is 0.115 e. The monoisotopic (exact) mass is 162 g/mol. The highest BCUT2D eigenvalue weighted by molar-refractivity contribution is 5.25. The fourth-order valence-corrected chi connectivity index (χ4v) is 1.44. The van der Waals surface area contributed by atoms with Crippen molar-refractivity contribution < 1.29 is 5.11 Å². The number of phenolic OH excluding ortho intramolecular Hbond substituents is 1. The highest BCUT2D eigenvalue weighted by Crippen LogP contribution is 2.33. The van der Waals surface area contributed by atoms with E-state index in [2.05, 4.69) is 0 Å². The summed E-state index contributed by atoms with van der Waals surface area (Å²) in [6.45, 7) is 0. The number of hydrogen-bond acceptors (Lipinski definition) is 1. The van der Waals surface area contributed by atoms with E-state index in [9.17, 15) is 0 Å². The molecule has 1 N–H and O–H groups in total. The summed E-state index contributed by atoms with van der Waals surface area (Å²) in [4.78, 5) is 0. The fourth-order valence-electron chi connectivity index (χ4n) is 1.44. The Balaban J connectivity index is 1.89. The topological polar surface area (TPSA) is 20.2 Å². The Kier molecular flexibility index (Phi) is 2.03. The minimum absolute atomic E-state index is 0.366. The third-order valence-electron chi connectivity index (χ3n) is 2.47. The van der Waals surface area contributed by atoms with Gasteiger partial charge in [0.05, 0.1) is 0 Å². The summed E-state index contributed by atoms with van der Waals surface area (Å²) in [6, 6.07) is 7.56. The molecular weight excluding hydrogens is 148 g/mol. The zero-order valence-electron chi connectivity index (χ0n) is 7.16. The van der Waals surface area contributed by atoms with E-state index in [1.54, 1.807) is 12.1 Å². The largest absolute Gasteiger partial charge is 0.508 e. The van der Waals surface area contributed by atoms with Crippen LogP contribution in [0.4, 0.5) is 0 Å². The van der Waals surface area contributed by atoms with Crippen molar-refractivity contribution >= 4 is 0 Å². The predicted octanol–water partition coefficient (Wildman–Crippen LogP) is 2.73. The fraction of sp³-hybridized carbons (Fsp3) is 0.455. The van der Waals surface area contributed by atoms with Crippen LogP contribution >= 0.6 is 0 Å². The molecule has 0 saturated heterocycles. The van der Waals surface area contributed by atoms with Crippen molar-refractivity contribution in [3.63, 3.8) is 0 Å². The van der Waals surface area contributed by atoms with Crippen molar-refractivity contribution in [2.24, 2.45) is 5.92 Å². The van der Waals surface area contributed by atoms with E-state index in [1.165, 1.54) is 31.2 Å². The quantitative estimate of drug-likeness (QED) is 0.724. The van der Waals surface area contributed by atoms with Gasteiger partial charge in [-0.2, -0.15) is 0 Å². The highest BCUT2D eigenvalue weighted by atomic mass is 16.3. The molecule has 0 heterocycles. The third kappa shape index (κ3) is 2.00. The van der Waals surface area contributed by atoms with Crippen molar-refractivity contribution in [2.75, 3.05) is 0 Å². The molecule has 0 aromatic heterocycles. The molecule has 1 fully saturated rings. The molecule has 1 aliphatic carbocycles. The van der Waals surface area contributed by atoms with Crippen LogP contribution in [0.1, 0.15) is 24.8 Å². The molecule has 0 radical (unpaired) electrons. The maximum Gasteiger partial charge on any atom is 0.115 e. The van der Waals surface area contributed by atoms with E-state index < -0.39 is 0 Å². The molecule has 0 bridgehead atoms. The van der Waals surface area contributed by atoms with Gasteiger partial charge in [0.15, 0.2) is 0 Å². The molecule has 0 amide bonds. The number of aromatic hydroxyl groups is 1. The molecule has 0 spiro atoms.